The molecule has 0 saturated carbocycles. The predicted octanol–water partition coefficient (Wildman–Crippen LogP) is 4.08. The van der Waals surface area contributed by atoms with E-state index in [0.29, 0.717) is 31.7 Å². The van der Waals surface area contributed by atoms with Gasteiger partial charge in [-0.05, 0) is 29.8 Å². The van der Waals surface area contributed by atoms with E-state index in [1.165, 1.54) is 30.3 Å². The zero-order valence-corrected chi connectivity index (χ0v) is 14.8. The average Bonchev–Trinajstić information content (AvgIpc) is 2.60. The van der Waals surface area contributed by atoms with Crippen LogP contribution in [0.1, 0.15) is 17.2 Å². The lowest BCUT2D eigenvalue weighted by Gasteiger charge is -2.36. The highest BCUT2D eigenvalue weighted by Crippen LogP contribution is 2.39. The molecule has 0 spiro atoms. The number of hydrogen-bond donors (Lipinski definition) is 2. The number of ether oxygens (including phenoxy) is 1. The summed E-state index contributed by atoms with van der Waals surface area (Å²) >= 11 is 5.92. The van der Waals surface area contributed by atoms with Crippen LogP contribution in [0.5, 0.6) is 11.5 Å². The van der Waals surface area contributed by atoms with E-state index in [4.69, 9.17) is 11.6 Å². The van der Waals surface area contributed by atoms with Gasteiger partial charge in [0.25, 0.3) is 0 Å². The second-order valence-electron chi connectivity index (χ2n) is 6.13. The third-order valence-electron chi connectivity index (χ3n) is 4.30. The van der Waals surface area contributed by atoms with Crippen molar-refractivity contribution in [3.8, 4) is 11.5 Å². The Morgan fingerprint density at radius 3 is 2.33 bits per heavy atom. The molecule has 1 atom stereocenters. The van der Waals surface area contributed by atoms with E-state index >= 15 is 0 Å². The molecular weight excluding hydrogens is 388 g/mol. The summed E-state index contributed by atoms with van der Waals surface area (Å²) in [6.45, 7) is 2.60. The molecule has 0 unspecified atom stereocenters. The first-order chi connectivity index (χ1) is 12.7. The summed E-state index contributed by atoms with van der Waals surface area (Å²) in [7, 11) is 0. The Morgan fingerprint density at radius 2 is 1.74 bits per heavy atom. The molecule has 2 aromatic carbocycles. The Hall–Kier alpha value is -2.03. The van der Waals surface area contributed by atoms with Crippen LogP contribution in [0.4, 0.5) is 17.6 Å². The number of nitrogens with zero attached hydrogens (tertiary/aromatic N) is 1. The molecule has 2 N–H and O–H groups in total. The molecule has 9 heteroatoms. The van der Waals surface area contributed by atoms with Gasteiger partial charge < -0.3 is 15.2 Å². The fourth-order valence-electron chi connectivity index (χ4n) is 3.17. The van der Waals surface area contributed by atoms with Gasteiger partial charge in [0, 0.05) is 31.7 Å². The van der Waals surface area contributed by atoms with Gasteiger partial charge in [0.1, 0.15) is 17.3 Å². The van der Waals surface area contributed by atoms with Gasteiger partial charge in [-0.1, -0.05) is 23.7 Å². The molecule has 1 saturated heterocycles. The minimum Gasteiger partial charge on any atom is -0.506 e. The Balaban J connectivity index is 2.00. The maximum absolute atomic E-state index is 13.9. The molecule has 0 bridgehead atoms. The predicted molar refractivity (Wildman–Crippen MR) is 92.5 cm³/mol. The number of nitrogens with one attached hydrogen (secondary N) is 1. The van der Waals surface area contributed by atoms with Crippen LogP contribution in [-0.2, 0) is 0 Å². The first kappa shape index (κ1) is 19.7. The molecule has 0 radical (unpaired) electrons. The van der Waals surface area contributed by atoms with Crippen molar-refractivity contribution >= 4 is 11.6 Å². The first-order valence-corrected chi connectivity index (χ1v) is 8.61. The van der Waals surface area contributed by atoms with E-state index in [2.05, 4.69) is 10.1 Å². The van der Waals surface area contributed by atoms with E-state index in [-0.39, 0.29) is 22.1 Å². The lowest BCUT2D eigenvalue weighted by atomic mass is 9.95. The number of halogens is 5. The fraction of sp³-hybridized carbons (Fsp3) is 0.333. The molecule has 0 amide bonds. The topological polar surface area (TPSA) is 44.7 Å². The minimum atomic E-state index is -4.78. The first-order valence-electron chi connectivity index (χ1n) is 8.23. The SMILES string of the molecule is Oc1c(Cl)cc(F)cc1[C@H](c1ccc(OC(F)(F)F)cc1)N1CCNCC1. The zero-order valence-electron chi connectivity index (χ0n) is 14.1. The van der Waals surface area contributed by atoms with Gasteiger partial charge in [0.2, 0.25) is 0 Å². The lowest BCUT2D eigenvalue weighted by molar-refractivity contribution is -0.274. The molecule has 3 rings (SSSR count). The van der Waals surface area contributed by atoms with E-state index in [1.54, 1.807) is 0 Å². The average molecular weight is 405 g/mol. The maximum atomic E-state index is 13.9. The molecule has 27 heavy (non-hydrogen) atoms. The molecule has 1 aliphatic rings. The summed E-state index contributed by atoms with van der Waals surface area (Å²) in [6.07, 6.45) is -4.78. The summed E-state index contributed by atoms with van der Waals surface area (Å²) in [5, 5.41) is 13.4. The van der Waals surface area contributed by atoms with E-state index in [1.807, 2.05) is 4.90 Å². The van der Waals surface area contributed by atoms with Crippen molar-refractivity contribution < 1.29 is 27.4 Å². The van der Waals surface area contributed by atoms with E-state index in [0.717, 1.165) is 6.07 Å². The largest absolute Gasteiger partial charge is 0.573 e. The number of piperazine rings is 1. The van der Waals surface area contributed by atoms with Crippen LogP contribution in [0.25, 0.3) is 0 Å². The quantitative estimate of drug-likeness (QED) is 0.754. The number of rotatable bonds is 4. The molecule has 2 aromatic rings. The van der Waals surface area contributed by atoms with Crippen LogP contribution in [0.3, 0.4) is 0 Å². The molecular formula is C18H17ClF4N2O2. The van der Waals surface area contributed by atoms with Crippen LogP contribution in [0, 0.1) is 5.82 Å². The molecule has 1 aliphatic heterocycles. The van der Waals surface area contributed by atoms with Crippen molar-refractivity contribution in [3.05, 3.63) is 58.4 Å². The maximum Gasteiger partial charge on any atom is 0.573 e. The molecule has 1 fully saturated rings. The zero-order chi connectivity index (χ0) is 19.6. The molecule has 0 aliphatic carbocycles. The smallest absolute Gasteiger partial charge is 0.506 e. The number of alkyl halides is 3. The number of aromatic hydroxyl groups is 1. The van der Waals surface area contributed by atoms with Crippen LogP contribution in [0.15, 0.2) is 36.4 Å². The molecule has 1 heterocycles. The lowest BCUT2D eigenvalue weighted by Crippen LogP contribution is -2.45. The Bertz CT molecular complexity index is 793. The highest BCUT2D eigenvalue weighted by Gasteiger charge is 2.32. The summed E-state index contributed by atoms with van der Waals surface area (Å²) in [5.74, 6) is -1.21. The summed E-state index contributed by atoms with van der Waals surface area (Å²) in [4.78, 5) is 2.00. The third-order valence-corrected chi connectivity index (χ3v) is 4.59. The van der Waals surface area contributed by atoms with Crippen molar-refractivity contribution in [2.24, 2.45) is 0 Å². The van der Waals surface area contributed by atoms with Gasteiger partial charge in [-0.25, -0.2) is 4.39 Å². The van der Waals surface area contributed by atoms with Crippen molar-refractivity contribution in [1.29, 1.82) is 0 Å². The minimum absolute atomic E-state index is 0.123. The summed E-state index contributed by atoms with van der Waals surface area (Å²) < 4.78 is 54.9. The number of phenols is 1. The highest BCUT2D eigenvalue weighted by molar-refractivity contribution is 6.32. The molecule has 4 nitrogen and oxygen atoms in total. The molecule has 146 valence electrons. The van der Waals surface area contributed by atoms with Crippen LogP contribution in [-0.4, -0.2) is 42.5 Å². The summed E-state index contributed by atoms with van der Waals surface area (Å²) in [5.41, 5.74) is 0.842. The third kappa shape index (κ3) is 4.82. The van der Waals surface area contributed by atoms with Gasteiger partial charge in [0.15, 0.2) is 0 Å². The van der Waals surface area contributed by atoms with Crippen molar-refractivity contribution in [1.82, 2.24) is 10.2 Å². The highest BCUT2D eigenvalue weighted by atomic mass is 35.5. The second-order valence-corrected chi connectivity index (χ2v) is 6.54. The normalized spacial score (nSPS) is 16.9. The number of phenolic OH excluding ortho intramolecular Hbond substituents is 1. The van der Waals surface area contributed by atoms with Gasteiger partial charge in [0.05, 0.1) is 11.1 Å². The van der Waals surface area contributed by atoms with Crippen molar-refractivity contribution in [3.63, 3.8) is 0 Å². The Labute approximate surface area is 158 Å². The van der Waals surface area contributed by atoms with Crippen molar-refractivity contribution in [2.45, 2.75) is 12.4 Å². The fourth-order valence-corrected chi connectivity index (χ4v) is 3.39. The van der Waals surface area contributed by atoms with Crippen LogP contribution < -0.4 is 10.1 Å². The van der Waals surface area contributed by atoms with Gasteiger partial charge in [-0.2, -0.15) is 0 Å². The van der Waals surface area contributed by atoms with Crippen molar-refractivity contribution in [2.75, 3.05) is 26.2 Å². The second kappa shape index (κ2) is 7.92. The molecule has 0 aromatic heterocycles. The number of hydrogen-bond acceptors (Lipinski definition) is 4. The monoisotopic (exact) mass is 404 g/mol. The Morgan fingerprint density at radius 1 is 1.11 bits per heavy atom. The van der Waals surface area contributed by atoms with Gasteiger partial charge >= 0.3 is 6.36 Å². The van der Waals surface area contributed by atoms with E-state index < -0.39 is 18.2 Å². The van der Waals surface area contributed by atoms with Gasteiger partial charge in [-0.15, -0.1) is 13.2 Å². The summed E-state index contributed by atoms with van der Waals surface area (Å²) in [6, 6.07) is 6.94. The van der Waals surface area contributed by atoms with E-state index in [9.17, 15) is 22.7 Å². The Kier molecular flexibility index (Phi) is 5.78. The van der Waals surface area contributed by atoms with Crippen LogP contribution in [0.2, 0.25) is 5.02 Å². The van der Waals surface area contributed by atoms with Crippen LogP contribution >= 0.6 is 11.6 Å². The standard InChI is InChI=1S/C18H17ClF4N2O2/c19-15-10-12(20)9-14(17(15)26)16(25-7-5-24-6-8-25)11-1-3-13(4-2-11)27-18(21,22)23/h1-4,9-10,16,24,26H,5-8H2/t16-/m0/s1. The van der Waals surface area contributed by atoms with Gasteiger partial charge in [-0.3, -0.25) is 4.90 Å². The number of benzene rings is 2.